The van der Waals surface area contributed by atoms with Crippen LogP contribution in [0.1, 0.15) is 32.1 Å². The molecule has 0 N–H and O–H groups in total. The average Bonchev–Trinajstić information content (AvgIpc) is 2.05. The Morgan fingerprint density at radius 1 is 1.09 bits per heavy atom. The second-order valence-corrected chi connectivity index (χ2v) is 3.66. The number of hydrogen-bond donors (Lipinski definition) is 0. The highest BCUT2D eigenvalue weighted by Gasteiger charge is 2.32. The summed E-state index contributed by atoms with van der Waals surface area (Å²) in [5, 5.41) is 4.50. The van der Waals surface area contributed by atoms with Gasteiger partial charge in [-0.1, -0.05) is 19.3 Å². The van der Waals surface area contributed by atoms with Gasteiger partial charge in [-0.2, -0.15) is 0 Å². The van der Waals surface area contributed by atoms with E-state index in [4.69, 9.17) is 0 Å². The first-order valence-corrected chi connectivity index (χ1v) is 4.50. The monoisotopic (exact) mass is 155 g/mol. The molecule has 1 radical (unpaired) electrons. The van der Waals surface area contributed by atoms with Crippen LogP contribution >= 0.6 is 0 Å². The summed E-state index contributed by atoms with van der Waals surface area (Å²) >= 11 is 0. The fourth-order valence-corrected chi connectivity index (χ4v) is 1.99. The van der Waals surface area contributed by atoms with Crippen molar-refractivity contribution in [1.29, 1.82) is 0 Å². The van der Waals surface area contributed by atoms with Crippen molar-refractivity contribution in [2.45, 2.75) is 37.8 Å². The lowest BCUT2D eigenvalue weighted by molar-refractivity contribution is 0.0683. The van der Waals surface area contributed by atoms with Gasteiger partial charge in [0.2, 0.25) is 0 Å². The third kappa shape index (κ3) is 1.74. The van der Waals surface area contributed by atoms with Gasteiger partial charge in [0, 0.05) is 7.05 Å². The highest BCUT2D eigenvalue weighted by Crippen LogP contribution is 2.29. The summed E-state index contributed by atoms with van der Waals surface area (Å²) in [6.45, 7) is 0. The fourth-order valence-electron chi connectivity index (χ4n) is 1.99. The predicted molar refractivity (Wildman–Crippen MR) is 47.6 cm³/mol. The van der Waals surface area contributed by atoms with E-state index in [2.05, 4.69) is 24.3 Å². The van der Waals surface area contributed by atoms with E-state index in [9.17, 15) is 0 Å². The topological polar surface area (TPSA) is 17.3 Å². The summed E-state index contributed by atoms with van der Waals surface area (Å²) in [4.78, 5) is 2.27. The van der Waals surface area contributed by atoms with Crippen LogP contribution < -0.4 is 5.32 Å². The van der Waals surface area contributed by atoms with E-state index in [1.54, 1.807) is 0 Å². The summed E-state index contributed by atoms with van der Waals surface area (Å²) in [5.74, 6) is 0. The van der Waals surface area contributed by atoms with Gasteiger partial charge in [-0.05, 0) is 26.9 Å². The van der Waals surface area contributed by atoms with Crippen molar-refractivity contribution in [3.63, 3.8) is 0 Å². The Bertz CT molecular complexity index is 115. The fraction of sp³-hybridized carbons (Fsp3) is 1.00. The SMILES string of the molecule is C[N]C1(N(C)C)CCCCC1. The quantitative estimate of drug-likeness (QED) is 0.590. The normalized spacial score (nSPS) is 24.0. The maximum absolute atomic E-state index is 4.50. The molecule has 1 aliphatic rings. The molecule has 0 heterocycles. The smallest absolute Gasteiger partial charge is 0.0865 e. The van der Waals surface area contributed by atoms with Crippen LogP contribution in [0.25, 0.3) is 0 Å². The lowest BCUT2D eigenvalue weighted by Gasteiger charge is -2.41. The van der Waals surface area contributed by atoms with Crippen molar-refractivity contribution in [3.8, 4) is 0 Å². The van der Waals surface area contributed by atoms with Gasteiger partial charge in [-0.3, -0.25) is 4.90 Å². The van der Waals surface area contributed by atoms with E-state index >= 15 is 0 Å². The molecule has 11 heavy (non-hydrogen) atoms. The second-order valence-electron chi connectivity index (χ2n) is 3.66. The van der Waals surface area contributed by atoms with E-state index in [1.807, 2.05) is 7.05 Å². The van der Waals surface area contributed by atoms with Crippen LogP contribution in [0.2, 0.25) is 0 Å². The molecule has 0 amide bonds. The van der Waals surface area contributed by atoms with Crippen LogP contribution in [0.4, 0.5) is 0 Å². The van der Waals surface area contributed by atoms with Crippen LogP contribution in [0.3, 0.4) is 0 Å². The molecule has 0 saturated heterocycles. The van der Waals surface area contributed by atoms with Gasteiger partial charge in [0.1, 0.15) is 0 Å². The Morgan fingerprint density at radius 3 is 1.91 bits per heavy atom. The molecule has 0 aliphatic heterocycles. The zero-order valence-electron chi connectivity index (χ0n) is 7.93. The molecule has 0 aromatic heterocycles. The Kier molecular flexibility index (Phi) is 2.90. The Balaban J connectivity index is 2.57. The van der Waals surface area contributed by atoms with Gasteiger partial charge in [-0.15, -0.1) is 0 Å². The molecular formula is C9H19N2. The van der Waals surface area contributed by atoms with Crippen molar-refractivity contribution < 1.29 is 0 Å². The van der Waals surface area contributed by atoms with Gasteiger partial charge < -0.3 is 0 Å². The zero-order valence-corrected chi connectivity index (χ0v) is 7.93. The van der Waals surface area contributed by atoms with Crippen LogP contribution in [-0.4, -0.2) is 31.7 Å². The molecule has 0 atom stereocenters. The minimum atomic E-state index is 0.179. The van der Waals surface area contributed by atoms with Crippen molar-refractivity contribution in [1.82, 2.24) is 10.2 Å². The number of rotatable bonds is 2. The summed E-state index contributed by atoms with van der Waals surface area (Å²) in [7, 11) is 6.22. The van der Waals surface area contributed by atoms with E-state index in [-0.39, 0.29) is 5.66 Å². The van der Waals surface area contributed by atoms with E-state index in [0.29, 0.717) is 0 Å². The molecule has 0 aromatic carbocycles. The maximum atomic E-state index is 4.50. The van der Waals surface area contributed by atoms with Crippen molar-refractivity contribution in [2.24, 2.45) is 0 Å². The predicted octanol–water partition coefficient (Wildman–Crippen LogP) is 1.44. The number of nitrogens with zero attached hydrogens (tertiary/aromatic N) is 2. The highest BCUT2D eigenvalue weighted by atomic mass is 15.3. The molecule has 1 rings (SSSR count). The minimum absolute atomic E-state index is 0.179. The Morgan fingerprint density at radius 2 is 1.64 bits per heavy atom. The van der Waals surface area contributed by atoms with E-state index < -0.39 is 0 Å². The lowest BCUT2D eigenvalue weighted by Crippen LogP contribution is -2.51. The molecular weight excluding hydrogens is 136 g/mol. The molecule has 1 aliphatic carbocycles. The Hall–Kier alpha value is -0.0800. The third-order valence-corrected chi connectivity index (χ3v) is 2.90. The summed E-state index contributed by atoms with van der Waals surface area (Å²) < 4.78 is 0. The largest absolute Gasteiger partial charge is 0.290 e. The summed E-state index contributed by atoms with van der Waals surface area (Å²) in [6.07, 6.45) is 6.57. The van der Waals surface area contributed by atoms with Crippen LogP contribution in [-0.2, 0) is 0 Å². The minimum Gasteiger partial charge on any atom is -0.290 e. The third-order valence-electron chi connectivity index (χ3n) is 2.90. The first kappa shape index (κ1) is 9.01. The van der Waals surface area contributed by atoms with Crippen LogP contribution in [0, 0.1) is 0 Å². The standard InChI is InChI=1S/C9H19N2/c1-10-9(11(2)3)7-5-4-6-8-9/h4-8H2,1-3H3. The van der Waals surface area contributed by atoms with Crippen LogP contribution in [0.5, 0.6) is 0 Å². The molecule has 0 aromatic rings. The molecule has 1 saturated carbocycles. The molecule has 1 fully saturated rings. The van der Waals surface area contributed by atoms with E-state index in [1.165, 1.54) is 32.1 Å². The van der Waals surface area contributed by atoms with Gasteiger partial charge in [0.05, 0.1) is 5.66 Å². The van der Waals surface area contributed by atoms with Gasteiger partial charge in [0.15, 0.2) is 0 Å². The summed E-state index contributed by atoms with van der Waals surface area (Å²) in [6, 6.07) is 0. The maximum Gasteiger partial charge on any atom is 0.0865 e. The molecule has 2 nitrogen and oxygen atoms in total. The van der Waals surface area contributed by atoms with Crippen LogP contribution in [0.15, 0.2) is 0 Å². The first-order valence-electron chi connectivity index (χ1n) is 4.50. The average molecular weight is 155 g/mol. The highest BCUT2D eigenvalue weighted by molar-refractivity contribution is 4.86. The first-order chi connectivity index (χ1) is 5.21. The molecule has 0 spiro atoms. The second kappa shape index (κ2) is 3.55. The molecule has 0 unspecified atom stereocenters. The van der Waals surface area contributed by atoms with Crippen molar-refractivity contribution in [3.05, 3.63) is 0 Å². The van der Waals surface area contributed by atoms with Gasteiger partial charge >= 0.3 is 0 Å². The molecule has 0 bridgehead atoms. The van der Waals surface area contributed by atoms with E-state index in [0.717, 1.165) is 0 Å². The number of hydrogen-bond acceptors (Lipinski definition) is 1. The van der Waals surface area contributed by atoms with Crippen molar-refractivity contribution in [2.75, 3.05) is 21.1 Å². The van der Waals surface area contributed by atoms with Crippen molar-refractivity contribution >= 4 is 0 Å². The molecule has 2 heteroatoms. The van der Waals surface area contributed by atoms with Gasteiger partial charge in [0.25, 0.3) is 0 Å². The van der Waals surface area contributed by atoms with Gasteiger partial charge in [-0.25, -0.2) is 5.32 Å². The summed E-state index contributed by atoms with van der Waals surface area (Å²) in [5.41, 5.74) is 0.179. The molecule has 65 valence electrons. The Labute approximate surface area is 70.0 Å². The lowest BCUT2D eigenvalue weighted by atomic mass is 9.88. The zero-order chi connectivity index (χ0) is 8.32.